The highest BCUT2D eigenvalue weighted by Gasteiger charge is 2.41. The first kappa shape index (κ1) is 35.4. The van der Waals surface area contributed by atoms with Gasteiger partial charge in [-0.15, -0.1) is 0 Å². The lowest BCUT2D eigenvalue weighted by molar-refractivity contribution is -0.138. The first-order valence-corrected chi connectivity index (χ1v) is 18.7. The van der Waals surface area contributed by atoms with Crippen LogP contribution in [0.3, 0.4) is 0 Å². The quantitative estimate of drug-likeness (QED) is 0.154. The molecule has 0 fully saturated rings. The molecule has 282 valence electrons. The highest BCUT2D eigenvalue weighted by Crippen LogP contribution is 2.48. The van der Waals surface area contributed by atoms with E-state index in [1.165, 1.54) is 24.3 Å². The molecule has 0 aliphatic heterocycles. The van der Waals surface area contributed by atoms with Crippen LogP contribution in [0, 0.1) is 0 Å². The second-order valence-electron chi connectivity index (χ2n) is 14.3. The van der Waals surface area contributed by atoms with Gasteiger partial charge in [-0.25, -0.2) is 0 Å². The Morgan fingerprint density at radius 3 is 1.36 bits per heavy atom. The molecule has 0 spiro atoms. The van der Waals surface area contributed by atoms with Crippen LogP contribution in [0.4, 0.5) is 26.3 Å². The Hall–Kier alpha value is -7.06. The molecule has 0 radical (unpaired) electrons. The van der Waals surface area contributed by atoms with Crippen LogP contribution in [0.1, 0.15) is 11.1 Å². The summed E-state index contributed by atoms with van der Waals surface area (Å²) >= 11 is 0. The van der Waals surface area contributed by atoms with Crippen molar-refractivity contribution < 1.29 is 26.3 Å². The van der Waals surface area contributed by atoms with Crippen molar-refractivity contribution in [2.45, 2.75) is 12.4 Å². The molecular formula is C50H30F6N2. The minimum atomic E-state index is -4.99. The molecule has 0 unspecified atom stereocenters. The molecule has 10 rings (SSSR count). The van der Waals surface area contributed by atoms with Gasteiger partial charge in [0.15, 0.2) is 0 Å². The zero-order chi connectivity index (χ0) is 39.8. The molecular weight excluding hydrogens is 743 g/mol. The van der Waals surface area contributed by atoms with E-state index in [2.05, 4.69) is 0 Å². The lowest BCUT2D eigenvalue weighted by Gasteiger charge is -2.25. The molecule has 0 saturated heterocycles. The summed E-state index contributed by atoms with van der Waals surface area (Å²) in [7, 11) is 0. The Morgan fingerprint density at radius 1 is 0.328 bits per heavy atom. The number of halogens is 6. The SMILES string of the molecule is FC(F)(F)c1cccc(-c2ccc(-n3c4ccccc4c4ccc(-c5ccccc5)cc43)c(C(F)(F)F)c2-n2c3ccccc3c3ccc(-c4ccccc4)cc32)c1. The largest absolute Gasteiger partial charge is 0.420 e. The van der Waals surface area contributed by atoms with Crippen molar-refractivity contribution in [3.05, 3.63) is 193 Å². The van der Waals surface area contributed by atoms with Crippen LogP contribution in [0.5, 0.6) is 0 Å². The van der Waals surface area contributed by atoms with Crippen LogP contribution in [-0.2, 0) is 12.4 Å². The first-order valence-electron chi connectivity index (χ1n) is 18.7. The number of aromatic nitrogens is 2. The van der Waals surface area contributed by atoms with E-state index in [1.54, 1.807) is 33.4 Å². The molecule has 10 aromatic rings. The average Bonchev–Trinajstić information content (AvgIpc) is 3.75. The molecule has 8 aromatic carbocycles. The van der Waals surface area contributed by atoms with Crippen molar-refractivity contribution in [2.75, 3.05) is 0 Å². The van der Waals surface area contributed by atoms with Gasteiger partial charge in [0.2, 0.25) is 0 Å². The van der Waals surface area contributed by atoms with Crippen LogP contribution in [0.25, 0.3) is 88.4 Å². The molecule has 0 amide bonds. The highest BCUT2D eigenvalue weighted by molar-refractivity contribution is 6.12. The molecule has 58 heavy (non-hydrogen) atoms. The Labute approximate surface area is 328 Å². The maximum atomic E-state index is 16.5. The topological polar surface area (TPSA) is 9.86 Å². The van der Waals surface area contributed by atoms with Gasteiger partial charge in [0.1, 0.15) is 5.56 Å². The van der Waals surface area contributed by atoms with E-state index < -0.39 is 23.5 Å². The Kier molecular flexibility index (Phi) is 8.09. The molecule has 8 heteroatoms. The highest BCUT2D eigenvalue weighted by atomic mass is 19.4. The second kappa shape index (κ2) is 13.3. The van der Waals surface area contributed by atoms with Crippen molar-refractivity contribution >= 4 is 43.6 Å². The van der Waals surface area contributed by atoms with E-state index in [0.29, 0.717) is 32.8 Å². The zero-order valence-electron chi connectivity index (χ0n) is 30.5. The molecule has 2 aromatic heterocycles. The predicted octanol–water partition coefficient (Wildman–Crippen LogP) is 14.9. The third-order valence-electron chi connectivity index (χ3n) is 11.0. The number of benzene rings is 8. The van der Waals surface area contributed by atoms with E-state index in [1.807, 2.05) is 121 Å². The lowest BCUT2D eigenvalue weighted by Crippen LogP contribution is -2.17. The van der Waals surface area contributed by atoms with Gasteiger partial charge >= 0.3 is 12.4 Å². The van der Waals surface area contributed by atoms with Crippen molar-refractivity contribution in [2.24, 2.45) is 0 Å². The average molecular weight is 773 g/mol. The van der Waals surface area contributed by atoms with Crippen LogP contribution < -0.4 is 0 Å². The van der Waals surface area contributed by atoms with E-state index in [9.17, 15) is 13.2 Å². The zero-order valence-corrected chi connectivity index (χ0v) is 30.5. The summed E-state index contributed by atoms with van der Waals surface area (Å²) < 4.78 is 95.6. The molecule has 0 saturated carbocycles. The van der Waals surface area contributed by atoms with Crippen LogP contribution >= 0.6 is 0 Å². The normalized spacial score (nSPS) is 12.3. The van der Waals surface area contributed by atoms with Gasteiger partial charge in [-0.3, -0.25) is 0 Å². The van der Waals surface area contributed by atoms with Crippen LogP contribution in [0.15, 0.2) is 182 Å². The van der Waals surface area contributed by atoms with Crippen molar-refractivity contribution in [1.29, 1.82) is 0 Å². The van der Waals surface area contributed by atoms with Crippen LogP contribution in [-0.4, -0.2) is 9.13 Å². The number of hydrogen-bond acceptors (Lipinski definition) is 0. The monoisotopic (exact) mass is 772 g/mol. The third kappa shape index (κ3) is 5.74. The van der Waals surface area contributed by atoms with Crippen molar-refractivity contribution in [3.8, 4) is 44.8 Å². The van der Waals surface area contributed by atoms with Crippen molar-refractivity contribution in [1.82, 2.24) is 9.13 Å². The van der Waals surface area contributed by atoms with Gasteiger partial charge in [-0.1, -0.05) is 140 Å². The molecule has 0 aliphatic carbocycles. The van der Waals surface area contributed by atoms with E-state index in [-0.39, 0.29) is 22.5 Å². The van der Waals surface area contributed by atoms with Crippen LogP contribution in [0.2, 0.25) is 0 Å². The molecule has 2 nitrogen and oxygen atoms in total. The maximum Gasteiger partial charge on any atom is 0.420 e. The van der Waals surface area contributed by atoms with Gasteiger partial charge in [-0.2, -0.15) is 26.3 Å². The minimum absolute atomic E-state index is 0.000561. The molecule has 0 atom stereocenters. The fraction of sp³-hybridized carbons (Fsp3) is 0.0400. The summed E-state index contributed by atoms with van der Waals surface area (Å²) in [6.45, 7) is 0. The van der Waals surface area contributed by atoms with Crippen molar-refractivity contribution in [3.63, 3.8) is 0 Å². The van der Waals surface area contributed by atoms with Gasteiger partial charge in [0, 0.05) is 27.1 Å². The number of fused-ring (bicyclic) bond motifs is 6. The summed E-state index contributed by atoms with van der Waals surface area (Å²) in [5.41, 5.74) is 3.06. The van der Waals surface area contributed by atoms with E-state index >= 15 is 13.2 Å². The molecule has 0 N–H and O–H groups in total. The second-order valence-corrected chi connectivity index (χ2v) is 14.3. The summed E-state index contributed by atoms with van der Waals surface area (Å²) in [5, 5.41) is 2.93. The Morgan fingerprint density at radius 2 is 0.810 bits per heavy atom. The Bertz CT molecular complexity index is 3190. The smallest absolute Gasteiger partial charge is 0.309 e. The number of rotatable bonds is 5. The summed E-state index contributed by atoms with van der Waals surface area (Å²) in [6.07, 6.45) is -9.72. The predicted molar refractivity (Wildman–Crippen MR) is 221 cm³/mol. The van der Waals surface area contributed by atoms with Gasteiger partial charge in [0.05, 0.1) is 39.0 Å². The number of hydrogen-bond donors (Lipinski definition) is 0. The first-order chi connectivity index (χ1) is 28.1. The Balaban J connectivity index is 1.38. The summed E-state index contributed by atoms with van der Waals surface area (Å²) in [6, 6.07) is 52.6. The van der Waals surface area contributed by atoms with E-state index in [4.69, 9.17) is 0 Å². The van der Waals surface area contributed by atoms with Gasteiger partial charge < -0.3 is 9.13 Å². The van der Waals surface area contributed by atoms with E-state index in [0.717, 1.165) is 45.2 Å². The number of para-hydroxylation sites is 2. The van der Waals surface area contributed by atoms with Gasteiger partial charge in [-0.05, 0) is 70.3 Å². The maximum absolute atomic E-state index is 16.5. The standard InChI is InChI=1S/C50H30F6N2/c51-49(52,53)36-17-11-16-35(28-36)37-26-27-44(57-42-20-9-7-18-38(42)40-24-22-33(29-45(40)57)31-12-3-1-4-13-31)47(50(54,55)56)48(37)58-43-21-10-8-19-39(43)41-25-23-34(30-46(41)58)32-14-5-2-6-15-32/h1-30H. The summed E-state index contributed by atoms with van der Waals surface area (Å²) in [5.74, 6) is 0. The fourth-order valence-corrected chi connectivity index (χ4v) is 8.44. The molecule has 0 aliphatic rings. The molecule has 2 heterocycles. The number of alkyl halides is 6. The molecule has 0 bridgehead atoms. The fourth-order valence-electron chi connectivity index (χ4n) is 8.44. The minimum Gasteiger partial charge on any atom is -0.309 e. The summed E-state index contributed by atoms with van der Waals surface area (Å²) in [4.78, 5) is 0. The lowest BCUT2D eigenvalue weighted by atomic mass is 9.95. The number of nitrogens with zero attached hydrogens (tertiary/aromatic N) is 2. The third-order valence-corrected chi connectivity index (χ3v) is 11.0. The van der Waals surface area contributed by atoms with Gasteiger partial charge in [0.25, 0.3) is 0 Å².